The number of nitrogens with zero attached hydrogens (tertiary/aromatic N) is 1. The van der Waals surface area contributed by atoms with Crippen LogP contribution in [0.5, 0.6) is 0 Å². The van der Waals surface area contributed by atoms with Crippen LogP contribution in [0.15, 0.2) is 36.5 Å². The van der Waals surface area contributed by atoms with Gasteiger partial charge in [0, 0.05) is 11.6 Å². The van der Waals surface area contributed by atoms with Crippen LogP contribution in [0.3, 0.4) is 0 Å². The van der Waals surface area contributed by atoms with Gasteiger partial charge in [-0.05, 0) is 18.6 Å². The van der Waals surface area contributed by atoms with Gasteiger partial charge in [0.25, 0.3) is 5.91 Å². The second-order valence-electron chi connectivity index (χ2n) is 3.98. The molecule has 3 heteroatoms. The van der Waals surface area contributed by atoms with Crippen LogP contribution in [0.2, 0.25) is 0 Å². The molecule has 1 unspecified atom stereocenters. The molecule has 90 valence electrons. The number of pyridine rings is 1. The molecule has 0 aliphatic rings. The number of hydrogen-bond donors (Lipinski definition) is 1. The number of benzene rings is 1. The molecule has 1 aromatic heterocycles. The van der Waals surface area contributed by atoms with E-state index in [4.69, 9.17) is 6.42 Å². The maximum Gasteiger partial charge on any atom is 0.254 e. The van der Waals surface area contributed by atoms with Crippen LogP contribution in [0, 0.1) is 12.3 Å². The second-order valence-corrected chi connectivity index (χ2v) is 3.98. The van der Waals surface area contributed by atoms with Gasteiger partial charge in [0.1, 0.15) is 0 Å². The minimum Gasteiger partial charge on any atom is -0.338 e. The fraction of sp³-hybridized carbons (Fsp3) is 0.200. The predicted molar refractivity (Wildman–Crippen MR) is 72.1 cm³/mol. The lowest BCUT2D eigenvalue weighted by molar-refractivity contribution is 0.0946. The van der Waals surface area contributed by atoms with Gasteiger partial charge in [-0.3, -0.25) is 9.78 Å². The Labute approximate surface area is 106 Å². The SMILES string of the molecule is C#CC(CC)NC(=O)c1cccc2cccnc12. The largest absolute Gasteiger partial charge is 0.338 e. The molecule has 0 aliphatic carbocycles. The number of fused-ring (bicyclic) bond motifs is 1. The minimum atomic E-state index is -0.239. The third kappa shape index (κ3) is 2.33. The lowest BCUT2D eigenvalue weighted by atomic mass is 10.1. The Bertz CT molecular complexity index is 608. The fourth-order valence-corrected chi connectivity index (χ4v) is 1.79. The van der Waals surface area contributed by atoms with E-state index in [0.29, 0.717) is 17.5 Å². The number of amides is 1. The molecule has 1 heterocycles. The first-order chi connectivity index (χ1) is 8.76. The fourth-order valence-electron chi connectivity index (χ4n) is 1.79. The van der Waals surface area contributed by atoms with Gasteiger partial charge >= 0.3 is 0 Å². The third-order valence-corrected chi connectivity index (χ3v) is 2.79. The van der Waals surface area contributed by atoms with Crippen LogP contribution in [-0.2, 0) is 0 Å². The summed E-state index contributed by atoms with van der Waals surface area (Å²) in [7, 11) is 0. The summed E-state index contributed by atoms with van der Waals surface area (Å²) in [5.41, 5.74) is 1.26. The second kappa shape index (κ2) is 5.33. The van der Waals surface area contributed by atoms with Gasteiger partial charge in [-0.15, -0.1) is 6.42 Å². The highest BCUT2D eigenvalue weighted by Gasteiger charge is 2.13. The molecule has 3 nitrogen and oxygen atoms in total. The average Bonchev–Trinajstić information content (AvgIpc) is 2.43. The smallest absolute Gasteiger partial charge is 0.254 e. The van der Waals surface area contributed by atoms with Crippen molar-refractivity contribution in [1.29, 1.82) is 0 Å². The molecule has 1 aromatic carbocycles. The first-order valence-corrected chi connectivity index (χ1v) is 5.87. The number of carbonyl (C=O) groups excluding carboxylic acids is 1. The first-order valence-electron chi connectivity index (χ1n) is 5.87. The van der Waals surface area contributed by atoms with Gasteiger partial charge in [0.15, 0.2) is 0 Å². The molecule has 0 saturated heterocycles. The summed E-state index contributed by atoms with van der Waals surface area (Å²) >= 11 is 0. The zero-order valence-corrected chi connectivity index (χ0v) is 10.2. The Morgan fingerprint density at radius 3 is 2.94 bits per heavy atom. The summed E-state index contributed by atoms with van der Waals surface area (Å²) in [6, 6.07) is 9.07. The molecule has 0 saturated carbocycles. The standard InChI is InChI=1S/C15H14N2O/c1-3-12(4-2)17-15(18)13-9-5-7-11-8-6-10-16-14(11)13/h1,5-10,12H,4H2,2H3,(H,17,18). The molecule has 0 fully saturated rings. The molecule has 1 atom stereocenters. The Balaban J connectivity index is 2.37. The van der Waals surface area contributed by atoms with Gasteiger partial charge in [-0.2, -0.15) is 0 Å². The van der Waals surface area contributed by atoms with Crippen LogP contribution in [0.25, 0.3) is 10.9 Å². The molecular weight excluding hydrogens is 224 g/mol. The van der Waals surface area contributed by atoms with Crippen molar-refractivity contribution in [3.63, 3.8) is 0 Å². The minimum absolute atomic E-state index is 0.177. The van der Waals surface area contributed by atoms with E-state index in [1.807, 2.05) is 31.2 Å². The van der Waals surface area contributed by atoms with E-state index < -0.39 is 0 Å². The number of carbonyl (C=O) groups is 1. The van der Waals surface area contributed by atoms with Crippen molar-refractivity contribution in [2.75, 3.05) is 0 Å². The highest BCUT2D eigenvalue weighted by molar-refractivity contribution is 6.05. The highest BCUT2D eigenvalue weighted by Crippen LogP contribution is 2.15. The molecule has 0 bridgehead atoms. The van der Waals surface area contributed by atoms with Crippen molar-refractivity contribution in [3.05, 3.63) is 42.1 Å². The van der Waals surface area contributed by atoms with Crippen LogP contribution >= 0.6 is 0 Å². The van der Waals surface area contributed by atoms with Crippen molar-refractivity contribution >= 4 is 16.8 Å². The van der Waals surface area contributed by atoms with Gasteiger partial charge in [-0.1, -0.05) is 31.0 Å². The van der Waals surface area contributed by atoms with Crippen LogP contribution < -0.4 is 5.32 Å². The Morgan fingerprint density at radius 2 is 2.22 bits per heavy atom. The topological polar surface area (TPSA) is 42.0 Å². The highest BCUT2D eigenvalue weighted by atomic mass is 16.1. The lowest BCUT2D eigenvalue weighted by Crippen LogP contribution is -2.33. The van der Waals surface area contributed by atoms with Crippen LogP contribution in [0.4, 0.5) is 0 Å². The van der Waals surface area contributed by atoms with Crippen molar-refractivity contribution in [3.8, 4) is 12.3 Å². The maximum atomic E-state index is 12.1. The molecule has 2 rings (SSSR count). The summed E-state index contributed by atoms with van der Waals surface area (Å²) in [6.45, 7) is 1.94. The van der Waals surface area contributed by atoms with Gasteiger partial charge < -0.3 is 5.32 Å². The van der Waals surface area contributed by atoms with Crippen LogP contribution in [0.1, 0.15) is 23.7 Å². The molecule has 0 aliphatic heterocycles. The molecule has 18 heavy (non-hydrogen) atoms. The monoisotopic (exact) mass is 238 g/mol. The number of rotatable bonds is 3. The van der Waals surface area contributed by atoms with Crippen molar-refractivity contribution in [2.24, 2.45) is 0 Å². The quantitative estimate of drug-likeness (QED) is 0.834. The van der Waals surface area contributed by atoms with Gasteiger partial charge in [0.2, 0.25) is 0 Å². The number of hydrogen-bond acceptors (Lipinski definition) is 2. The molecule has 0 radical (unpaired) electrons. The number of para-hydroxylation sites is 1. The normalized spacial score (nSPS) is 11.8. The lowest BCUT2D eigenvalue weighted by Gasteiger charge is -2.11. The van der Waals surface area contributed by atoms with E-state index >= 15 is 0 Å². The van der Waals surface area contributed by atoms with E-state index in [0.717, 1.165) is 5.39 Å². The maximum absolute atomic E-state index is 12.1. The van der Waals surface area contributed by atoms with Gasteiger partial charge in [-0.25, -0.2) is 0 Å². The summed E-state index contributed by atoms with van der Waals surface area (Å²) < 4.78 is 0. The Hall–Kier alpha value is -2.34. The summed E-state index contributed by atoms with van der Waals surface area (Å²) in [4.78, 5) is 16.4. The number of aromatic nitrogens is 1. The summed E-state index contributed by atoms with van der Waals surface area (Å²) in [5, 5.41) is 3.75. The average molecular weight is 238 g/mol. The summed E-state index contributed by atoms with van der Waals surface area (Å²) in [6.07, 6.45) is 7.73. The van der Waals surface area contributed by atoms with E-state index in [1.54, 1.807) is 12.3 Å². The Morgan fingerprint density at radius 1 is 1.44 bits per heavy atom. The molecule has 0 spiro atoms. The van der Waals surface area contributed by atoms with Gasteiger partial charge in [0.05, 0.1) is 17.1 Å². The Kier molecular flexibility index (Phi) is 3.59. The molecule has 2 aromatic rings. The van der Waals surface area contributed by atoms with E-state index in [-0.39, 0.29) is 11.9 Å². The summed E-state index contributed by atoms with van der Waals surface area (Å²) in [5.74, 6) is 2.37. The molecule has 1 amide bonds. The first kappa shape index (κ1) is 12.1. The van der Waals surface area contributed by atoms with Crippen molar-refractivity contribution in [2.45, 2.75) is 19.4 Å². The zero-order valence-electron chi connectivity index (χ0n) is 10.2. The number of nitrogens with one attached hydrogen (secondary N) is 1. The molecular formula is C15H14N2O. The third-order valence-electron chi connectivity index (χ3n) is 2.79. The molecule has 1 N–H and O–H groups in total. The predicted octanol–water partition coefficient (Wildman–Crippen LogP) is 2.38. The number of terminal acetylenes is 1. The van der Waals surface area contributed by atoms with Crippen molar-refractivity contribution in [1.82, 2.24) is 10.3 Å². The zero-order chi connectivity index (χ0) is 13.0. The van der Waals surface area contributed by atoms with Crippen molar-refractivity contribution < 1.29 is 4.79 Å². The van der Waals surface area contributed by atoms with Crippen LogP contribution in [-0.4, -0.2) is 16.9 Å². The van der Waals surface area contributed by atoms with E-state index in [1.165, 1.54) is 0 Å². The van der Waals surface area contributed by atoms with E-state index in [9.17, 15) is 4.79 Å². The van der Waals surface area contributed by atoms with E-state index in [2.05, 4.69) is 16.2 Å².